The molecule has 0 bridgehead atoms. The Balaban J connectivity index is 1.95. The molecule has 5 nitrogen and oxygen atoms in total. The van der Waals surface area contributed by atoms with Crippen molar-refractivity contribution in [3.63, 3.8) is 0 Å². The Hall–Kier alpha value is -1.14. The highest BCUT2D eigenvalue weighted by molar-refractivity contribution is 6.66. The maximum Gasteiger partial charge on any atom is 0.250 e. The van der Waals surface area contributed by atoms with Crippen molar-refractivity contribution in [1.82, 2.24) is 19.9 Å². The van der Waals surface area contributed by atoms with E-state index in [9.17, 15) is 0 Å². The second-order valence-electron chi connectivity index (χ2n) is 6.34. The number of aryl methyl sites for hydroxylation is 1. The Bertz CT molecular complexity index is 739. The van der Waals surface area contributed by atoms with Crippen LogP contribution < -0.4 is 5.32 Å². The Labute approximate surface area is 162 Å². The smallest absolute Gasteiger partial charge is 0.250 e. The number of aromatic nitrogens is 3. The minimum absolute atomic E-state index is 0.126. The van der Waals surface area contributed by atoms with Gasteiger partial charge in [-0.3, -0.25) is 0 Å². The molecule has 1 aromatic heterocycles. The summed E-state index contributed by atoms with van der Waals surface area (Å²) in [6, 6.07) is 8.15. The first-order valence-electron chi connectivity index (χ1n) is 8.17. The van der Waals surface area contributed by atoms with Gasteiger partial charge in [0.05, 0.1) is 0 Å². The third kappa shape index (κ3) is 4.73. The standard InChI is InChI=1S/C17H20Cl3N5/c1-11-5-3-4-6-13(11)14-22-15(17(18,19)20)24-16(23-14)21-12-7-9-25(2)10-8-12/h3-6,12H,7-10H2,1-2H3,(H,21,22,23,24). The summed E-state index contributed by atoms with van der Waals surface area (Å²) in [5.41, 5.74) is 1.95. The maximum atomic E-state index is 6.04. The number of likely N-dealkylation sites (tertiary alicyclic amines) is 1. The summed E-state index contributed by atoms with van der Waals surface area (Å²) in [5, 5.41) is 3.38. The van der Waals surface area contributed by atoms with Crippen molar-refractivity contribution in [3.05, 3.63) is 35.7 Å². The van der Waals surface area contributed by atoms with Gasteiger partial charge in [0.2, 0.25) is 9.74 Å². The van der Waals surface area contributed by atoms with E-state index in [1.807, 2.05) is 31.2 Å². The fraction of sp³-hybridized carbons (Fsp3) is 0.471. The van der Waals surface area contributed by atoms with E-state index >= 15 is 0 Å². The van der Waals surface area contributed by atoms with Gasteiger partial charge in [0.25, 0.3) is 0 Å². The van der Waals surface area contributed by atoms with Crippen LogP contribution in [0.5, 0.6) is 0 Å². The summed E-state index contributed by atoms with van der Waals surface area (Å²) in [5.74, 6) is 1.08. The van der Waals surface area contributed by atoms with E-state index in [2.05, 4.69) is 32.2 Å². The van der Waals surface area contributed by atoms with Crippen LogP contribution in [0.1, 0.15) is 24.2 Å². The number of hydrogen-bond donors (Lipinski definition) is 1. The molecule has 0 saturated carbocycles. The number of anilines is 1. The van der Waals surface area contributed by atoms with Crippen LogP contribution in [0.3, 0.4) is 0 Å². The van der Waals surface area contributed by atoms with E-state index in [0.717, 1.165) is 37.1 Å². The van der Waals surface area contributed by atoms with E-state index in [4.69, 9.17) is 34.8 Å². The molecule has 1 aliphatic heterocycles. The van der Waals surface area contributed by atoms with Crippen molar-refractivity contribution in [1.29, 1.82) is 0 Å². The van der Waals surface area contributed by atoms with Crippen LogP contribution >= 0.6 is 34.8 Å². The Morgan fingerprint density at radius 1 is 1.08 bits per heavy atom. The predicted octanol–water partition coefficient (Wildman–Crippen LogP) is 4.18. The molecule has 1 N–H and O–H groups in total. The molecule has 25 heavy (non-hydrogen) atoms. The molecule has 0 amide bonds. The molecule has 2 aromatic rings. The van der Waals surface area contributed by atoms with Gasteiger partial charge in [0, 0.05) is 11.6 Å². The third-order valence-corrected chi connectivity index (χ3v) is 4.83. The summed E-state index contributed by atoms with van der Waals surface area (Å²) in [4.78, 5) is 15.6. The molecule has 0 radical (unpaired) electrons. The number of benzene rings is 1. The van der Waals surface area contributed by atoms with Gasteiger partial charge < -0.3 is 10.2 Å². The maximum absolute atomic E-state index is 6.04. The molecule has 0 spiro atoms. The Morgan fingerprint density at radius 3 is 2.40 bits per heavy atom. The summed E-state index contributed by atoms with van der Waals surface area (Å²) in [6.07, 6.45) is 2.04. The van der Waals surface area contributed by atoms with Crippen LogP contribution in [0.25, 0.3) is 11.4 Å². The van der Waals surface area contributed by atoms with Crippen LogP contribution in [0, 0.1) is 6.92 Å². The normalized spacial score (nSPS) is 16.8. The second kappa shape index (κ2) is 7.62. The average Bonchev–Trinajstić information content (AvgIpc) is 2.56. The highest BCUT2D eigenvalue weighted by Crippen LogP contribution is 2.37. The lowest BCUT2D eigenvalue weighted by Gasteiger charge is -2.29. The van der Waals surface area contributed by atoms with Gasteiger partial charge in [-0.05, 0) is 45.5 Å². The molecule has 0 aliphatic carbocycles. The molecule has 2 heterocycles. The zero-order valence-corrected chi connectivity index (χ0v) is 16.4. The van der Waals surface area contributed by atoms with Crippen molar-refractivity contribution < 1.29 is 0 Å². The molecule has 1 aromatic carbocycles. The van der Waals surface area contributed by atoms with Gasteiger partial charge in [-0.25, -0.2) is 4.98 Å². The number of nitrogens with one attached hydrogen (secondary N) is 1. The molecule has 1 fully saturated rings. The van der Waals surface area contributed by atoms with Gasteiger partial charge in [0.1, 0.15) is 0 Å². The summed E-state index contributed by atoms with van der Waals surface area (Å²) >= 11 is 18.1. The first kappa shape index (κ1) is 18.6. The second-order valence-corrected chi connectivity index (χ2v) is 8.62. The lowest BCUT2D eigenvalue weighted by Crippen LogP contribution is -2.37. The summed E-state index contributed by atoms with van der Waals surface area (Å²) in [7, 11) is 2.12. The zero-order chi connectivity index (χ0) is 18.0. The molecule has 8 heteroatoms. The first-order valence-corrected chi connectivity index (χ1v) is 9.30. The van der Waals surface area contributed by atoms with Crippen molar-refractivity contribution in [2.75, 3.05) is 25.5 Å². The van der Waals surface area contributed by atoms with Gasteiger partial charge in [0.15, 0.2) is 11.6 Å². The number of nitrogens with zero attached hydrogens (tertiary/aromatic N) is 4. The lowest BCUT2D eigenvalue weighted by molar-refractivity contribution is 0.263. The van der Waals surface area contributed by atoms with Crippen LogP contribution in [-0.2, 0) is 3.79 Å². The number of piperidine rings is 1. The average molecular weight is 401 g/mol. The van der Waals surface area contributed by atoms with E-state index in [1.165, 1.54) is 0 Å². The van der Waals surface area contributed by atoms with Crippen LogP contribution in [0.2, 0.25) is 0 Å². The van der Waals surface area contributed by atoms with Crippen molar-refractivity contribution in [2.45, 2.75) is 29.6 Å². The van der Waals surface area contributed by atoms with Gasteiger partial charge in [-0.15, -0.1) is 0 Å². The molecule has 1 saturated heterocycles. The summed E-state index contributed by atoms with van der Waals surface area (Å²) < 4.78 is -1.70. The molecular formula is C17H20Cl3N5. The van der Waals surface area contributed by atoms with E-state index in [1.54, 1.807) is 0 Å². The number of halogens is 3. The molecule has 134 valence electrons. The molecular weight excluding hydrogens is 381 g/mol. The van der Waals surface area contributed by atoms with E-state index < -0.39 is 3.79 Å². The quantitative estimate of drug-likeness (QED) is 0.783. The first-order chi connectivity index (χ1) is 11.8. The molecule has 0 unspecified atom stereocenters. The molecule has 1 aliphatic rings. The predicted molar refractivity (Wildman–Crippen MR) is 103 cm³/mol. The third-order valence-electron chi connectivity index (χ3n) is 4.33. The topological polar surface area (TPSA) is 53.9 Å². The SMILES string of the molecule is Cc1ccccc1-c1nc(NC2CCN(C)CC2)nc(C(Cl)(Cl)Cl)n1. The fourth-order valence-electron chi connectivity index (χ4n) is 2.85. The number of alkyl halides is 3. The Kier molecular flexibility index (Phi) is 5.68. The van der Waals surface area contributed by atoms with Crippen molar-refractivity contribution in [2.24, 2.45) is 0 Å². The van der Waals surface area contributed by atoms with E-state index in [-0.39, 0.29) is 5.82 Å². The minimum atomic E-state index is -1.70. The highest BCUT2D eigenvalue weighted by Gasteiger charge is 2.29. The molecule has 3 rings (SSSR count). The van der Waals surface area contributed by atoms with Crippen LogP contribution in [0.4, 0.5) is 5.95 Å². The zero-order valence-electron chi connectivity index (χ0n) is 14.1. The van der Waals surface area contributed by atoms with Crippen molar-refractivity contribution >= 4 is 40.8 Å². The van der Waals surface area contributed by atoms with Crippen LogP contribution in [-0.4, -0.2) is 46.0 Å². The van der Waals surface area contributed by atoms with Crippen molar-refractivity contribution in [3.8, 4) is 11.4 Å². The number of rotatable bonds is 3. The van der Waals surface area contributed by atoms with Gasteiger partial charge >= 0.3 is 0 Å². The minimum Gasteiger partial charge on any atom is -0.351 e. The Morgan fingerprint density at radius 2 is 1.76 bits per heavy atom. The van der Waals surface area contributed by atoms with Gasteiger partial charge in [-0.2, -0.15) is 9.97 Å². The van der Waals surface area contributed by atoms with E-state index in [0.29, 0.717) is 17.8 Å². The molecule has 0 atom stereocenters. The monoisotopic (exact) mass is 399 g/mol. The fourth-order valence-corrected chi connectivity index (χ4v) is 3.10. The van der Waals surface area contributed by atoms with Crippen LogP contribution in [0.15, 0.2) is 24.3 Å². The summed E-state index contributed by atoms with van der Waals surface area (Å²) in [6.45, 7) is 4.06. The largest absolute Gasteiger partial charge is 0.351 e. The number of hydrogen-bond acceptors (Lipinski definition) is 5. The highest BCUT2D eigenvalue weighted by atomic mass is 35.6. The lowest BCUT2D eigenvalue weighted by atomic mass is 10.1. The van der Waals surface area contributed by atoms with Gasteiger partial charge in [-0.1, -0.05) is 59.1 Å².